The zero-order valence-corrected chi connectivity index (χ0v) is 12.6. The van der Waals surface area contributed by atoms with Gasteiger partial charge in [-0.15, -0.1) is 22.7 Å². The number of aryl methyl sites for hydroxylation is 1. The third kappa shape index (κ3) is 3.86. The first-order valence-electron chi connectivity index (χ1n) is 6.11. The molecule has 0 bridgehead atoms. The molecule has 2 aromatic rings. The molecule has 0 radical (unpaired) electrons. The number of carbonyl (C=O) groups excluding carboxylic acids is 1. The van der Waals surface area contributed by atoms with Gasteiger partial charge in [-0.2, -0.15) is 0 Å². The third-order valence-electron chi connectivity index (χ3n) is 2.62. The number of nitrogens with zero attached hydrogens (tertiary/aromatic N) is 1. The Morgan fingerprint density at radius 3 is 2.95 bits per heavy atom. The number of thiophene rings is 1. The minimum absolute atomic E-state index is 0.105. The summed E-state index contributed by atoms with van der Waals surface area (Å²) in [6.45, 7) is 4.31. The number of nitrogens with one attached hydrogen (secondary N) is 1. The molecule has 19 heavy (non-hydrogen) atoms. The maximum Gasteiger partial charge on any atom is 0.236 e. The summed E-state index contributed by atoms with van der Waals surface area (Å²) in [5.41, 5.74) is 6.52. The summed E-state index contributed by atoms with van der Waals surface area (Å²) in [5, 5.41) is 5.96. The fraction of sp³-hybridized carbons (Fsp3) is 0.385. The predicted molar refractivity (Wildman–Crippen MR) is 80.5 cm³/mol. The minimum Gasteiger partial charge on any atom is -0.354 e. The largest absolute Gasteiger partial charge is 0.354 e. The van der Waals surface area contributed by atoms with Gasteiger partial charge < -0.3 is 11.1 Å². The van der Waals surface area contributed by atoms with E-state index in [1.165, 1.54) is 9.75 Å². The normalized spacial score (nSPS) is 12.4. The molecule has 0 aliphatic heterocycles. The lowest BCUT2D eigenvalue weighted by Crippen LogP contribution is -2.39. The number of hydrogen-bond donors (Lipinski definition) is 2. The van der Waals surface area contributed by atoms with Crippen LogP contribution in [0.25, 0.3) is 10.6 Å². The number of rotatable bonds is 5. The van der Waals surface area contributed by atoms with Crippen LogP contribution in [0, 0.1) is 6.92 Å². The molecule has 0 saturated carbocycles. The molecular formula is C13H17N3OS2. The Morgan fingerprint density at radius 1 is 1.53 bits per heavy atom. The summed E-state index contributed by atoms with van der Waals surface area (Å²) >= 11 is 3.38. The number of carbonyl (C=O) groups is 1. The van der Waals surface area contributed by atoms with Crippen molar-refractivity contribution in [1.82, 2.24) is 10.3 Å². The summed E-state index contributed by atoms with van der Waals surface area (Å²) in [4.78, 5) is 18.2. The Kier molecular flexibility index (Phi) is 4.68. The molecule has 0 spiro atoms. The van der Waals surface area contributed by atoms with Crippen LogP contribution in [0.15, 0.2) is 17.5 Å². The van der Waals surface area contributed by atoms with E-state index in [0.717, 1.165) is 17.1 Å². The Hall–Kier alpha value is -1.24. The second-order valence-electron chi connectivity index (χ2n) is 4.35. The van der Waals surface area contributed by atoms with Gasteiger partial charge in [0, 0.05) is 16.8 Å². The van der Waals surface area contributed by atoms with E-state index in [-0.39, 0.29) is 5.91 Å². The van der Waals surface area contributed by atoms with E-state index < -0.39 is 6.04 Å². The quantitative estimate of drug-likeness (QED) is 0.888. The van der Waals surface area contributed by atoms with Crippen molar-refractivity contribution in [2.24, 2.45) is 5.73 Å². The van der Waals surface area contributed by atoms with Gasteiger partial charge in [0.2, 0.25) is 5.91 Å². The molecule has 3 N–H and O–H groups in total. The van der Waals surface area contributed by atoms with Gasteiger partial charge in [0.25, 0.3) is 0 Å². The molecule has 0 unspecified atom stereocenters. The van der Waals surface area contributed by atoms with Crippen LogP contribution in [-0.2, 0) is 11.2 Å². The van der Waals surface area contributed by atoms with E-state index in [1.54, 1.807) is 29.6 Å². The Labute approximate surface area is 120 Å². The number of thiazole rings is 1. The third-order valence-corrected chi connectivity index (χ3v) is 4.56. The molecule has 0 aliphatic carbocycles. The summed E-state index contributed by atoms with van der Waals surface area (Å²) < 4.78 is 0. The van der Waals surface area contributed by atoms with Crippen LogP contribution >= 0.6 is 22.7 Å². The standard InChI is InChI=1S/C13H17N3OS2/c1-8(14)13(17)15-6-5-10-3-4-12(19-10)11-7-18-9(2)16-11/h3-4,7-8H,5-6,14H2,1-2H3,(H,15,17)/t8-/m0/s1. The maximum atomic E-state index is 11.3. The molecule has 2 heterocycles. The van der Waals surface area contributed by atoms with Gasteiger partial charge in [0.1, 0.15) is 0 Å². The van der Waals surface area contributed by atoms with Crippen molar-refractivity contribution >= 4 is 28.6 Å². The first kappa shape index (κ1) is 14.2. The van der Waals surface area contributed by atoms with Gasteiger partial charge in [0.15, 0.2) is 0 Å². The van der Waals surface area contributed by atoms with E-state index >= 15 is 0 Å². The molecule has 1 amide bonds. The molecule has 0 aromatic carbocycles. The zero-order chi connectivity index (χ0) is 13.8. The Balaban J connectivity index is 1.89. The lowest BCUT2D eigenvalue weighted by molar-refractivity contribution is -0.121. The lowest BCUT2D eigenvalue weighted by Gasteiger charge is -2.06. The van der Waals surface area contributed by atoms with Gasteiger partial charge in [-0.05, 0) is 32.4 Å². The average molecular weight is 295 g/mol. The molecule has 2 rings (SSSR count). The van der Waals surface area contributed by atoms with Crippen LogP contribution in [0.5, 0.6) is 0 Å². The number of nitrogens with two attached hydrogens (primary N) is 1. The molecule has 0 aliphatic rings. The molecule has 6 heteroatoms. The van der Waals surface area contributed by atoms with Crippen LogP contribution in [-0.4, -0.2) is 23.5 Å². The zero-order valence-electron chi connectivity index (χ0n) is 11.0. The Bertz CT molecular complexity index is 560. The highest BCUT2D eigenvalue weighted by atomic mass is 32.1. The SMILES string of the molecule is Cc1nc(-c2ccc(CCNC(=O)[C@H](C)N)s2)cs1. The lowest BCUT2D eigenvalue weighted by atomic mass is 10.3. The highest BCUT2D eigenvalue weighted by Gasteiger charge is 2.08. The van der Waals surface area contributed by atoms with Gasteiger partial charge >= 0.3 is 0 Å². The highest BCUT2D eigenvalue weighted by Crippen LogP contribution is 2.29. The molecule has 4 nitrogen and oxygen atoms in total. The topological polar surface area (TPSA) is 68.0 Å². The first-order chi connectivity index (χ1) is 9.06. The van der Waals surface area contributed by atoms with Crippen molar-refractivity contribution < 1.29 is 4.79 Å². The second kappa shape index (κ2) is 6.27. The fourth-order valence-corrected chi connectivity index (χ4v) is 3.25. The summed E-state index contributed by atoms with van der Waals surface area (Å²) in [6.07, 6.45) is 0.826. The van der Waals surface area contributed by atoms with Crippen LogP contribution in [0.2, 0.25) is 0 Å². The van der Waals surface area contributed by atoms with Crippen molar-refractivity contribution in [3.05, 3.63) is 27.4 Å². The van der Waals surface area contributed by atoms with Crippen molar-refractivity contribution in [2.75, 3.05) is 6.54 Å². The van der Waals surface area contributed by atoms with Crippen molar-refractivity contribution in [3.8, 4) is 10.6 Å². The smallest absolute Gasteiger partial charge is 0.236 e. The molecule has 0 fully saturated rings. The number of aromatic nitrogens is 1. The number of hydrogen-bond acceptors (Lipinski definition) is 5. The van der Waals surface area contributed by atoms with Crippen LogP contribution in [0.1, 0.15) is 16.8 Å². The van der Waals surface area contributed by atoms with Crippen molar-refractivity contribution in [1.29, 1.82) is 0 Å². The first-order valence-corrected chi connectivity index (χ1v) is 7.80. The van der Waals surface area contributed by atoms with Gasteiger partial charge in [-0.1, -0.05) is 0 Å². The monoisotopic (exact) mass is 295 g/mol. The van der Waals surface area contributed by atoms with Crippen LogP contribution in [0.3, 0.4) is 0 Å². The van der Waals surface area contributed by atoms with Gasteiger partial charge in [-0.3, -0.25) is 4.79 Å². The maximum absolute atomic E-state index is 11.3. The van der Waals surface area contributed by atoms with Crippen LogP contribution < -0.4 is 11.1 Å². The van der Waals surface area contributed by atoms with Gasteiger partial charge in [0.05, 0.1) is 21.6 Å². The summed E-state index contributed by atoms with van der Waals surface area (Å²) in [7, 11) is 0. The van der Waals surface area contributed by atoms with E-state index in [4.69, 9.17) is 5.73 Å². The molecule has 2 aromatic heterocycles. The van der Waals surface area contributed by atoms with E-state index in [0.29, 0.717) is 6.54 Å². The summed E-state index contributed by atoms with van der Waals surface area (Å²) in [6, 6.07) is 3.73. The van der Waals surface area contributed by atoms with Crippen molar-refractivity contribution in [2.45, 2.75) is 26.3 Å². The minimum atomic E-state index is -0.447. The highest BCUT2D eigenvalue weighted by molar-refractivity contribution is 7.16. The number of amides is 1. The molecule has 102 valence electrons. The second-order valence-corrected chi connectivity index (χ2v) is 6.58. The average Bonchev–Trinajstić information content (AvgIpc) is 2.97. The molecular weight excluding hydrogens is 278 g/mol. The van der Waals surface area contributed by atoms with E-state index in [9.17, 15) is 4.79 Å². The van der Waals surface area contributed by atoms with E-state index in [2.05, 4.69) is 27.8 Å². The molecule has 1 atom stereocenters. The molecule has 0 saturated heterocycles. The van der Waals surface area contributed by atoms with Crippen molar-refractivity contribution in [3.63, 3.8) is 0 Å². The Morgan fingerprint density at radius 2 is 2.32 bits per heavy atom. The van der Waals surface area contributed by atoms with Crippen LogP contribution in [0.4, 0.5) is 0 Å². The van der Waals surface area contributed by atoms with E-state index in [1.807, 2.05) is 6.92 Å². The summed E-state index contributed by atoms with van der Waals surface area (Å²) in [5.74, 6) is -0.105. The fourth-order valence-electron chi connectivity index (χ4n) is 1.60. The predicted octanol–water partition coefficient (Wildman–Crippen LogP) is 2.19. The van der Waals surface area contributed by atoms with Gasteiger partial charge in [-0.25, -0.2) is 4.98 Å².